The maximum atomic E-state index is 12.0. The summed E-state index contributed by atoms with van der Waals surface area (Å²) in [4.78, 5) is 23.9. The molecule has 0 N–H and O–H groups in total. The molecule has 0 atom stereocenters. The highest BCUT2D eigenvalue weighted by Gasteiger charge is 2.10. The van der Waals surface area contributed by atoms with Crippen LogP contribution in [0.15, 0.2) is 57.8 Å². The van der Waals surface area contributed by atoms with Gasteiger partial charge in [0.1, 0.15) is 17.9 Å². The number of ether oxygens (including phenoxy) is 2. The first-order valence-electron chi connectivity index (χ1n) is 8.50. The van der Waals surface area contributed by atoms with Gasteiger partial charge in [-0.1, -0.05) is 24.3 Å². The van der Waals surface area contributed by atoms with Crippen molar-refractivity contribution in [1.29, 1.82) is 0 Å². The van der Waals surface area contributed by atoms with E-state index >= 15 is 0 Å². The van der Waals surface area contributed by atoms with Crippen LogP contribution in [-0.4, -0.2) is 13.1 Å². The number of aryl methyl sites for hydroxylation is 2. The zero-order chi connectivity index (χ0) is 19.4. The molecule has 0 aliphatic carbocycles. The summed E-state index contributed by atoms with van der Waals surface area (Å²) in [7, 11) is 1.60. The molecule has 0 bridgehead atoms. The van der Waals surface area contributed by atoms with Crippen molar-refractivity contribution in [3.8, 4) is 5.75 Å². The van der Waals surface area contributed by atoms with E-state index in [-0.39, 0.29) is 6.61 Å². The molecule has 27 heavy (non-hydrogen) atoms. The quantitative estimate of drug-likeness (QED) is 0.386. The minimum absolute atomic E-state index is 0.00358. The van der Waals surface area contributed by atoms with E-state index in [1.807, 2.05) is 50.2 Å². The number of carbonyl (C=O) groups excluding carboxylic acids is 1. The highest BCUT2D eigenvalue weighted by molar-refractivity contribution is 5.88. The lowest BCUT2D eigenvalue weighted by atomic mass is 10.0. The van der Waals surface area contributed by atoms with Crippen molar-refractivity contribution in [1.82, 2.24) is 0 Å². The first-order chi connectivity index (χ1) is 13.0. The molecule has 138 valence electrons. The first-order valence-corrected chi connectivity index (χ1v) is 8.50. The molecule has 2 aromatic carbocycles. The Bertz CT molecular complexity index is 1060. The standard InChI is InChI=1S/C22H20O5/c1-14-4-10-19-17(12-21(24)27-22(19)15(14)2)13-26-20(23)11-7-16-5-8-18(25-3)9-6-16/h4-12H,13H2,1-3H3. The molecule has 0 saturated carbocycles. The fraction of sp³-hybridized carbons (Fsp3) is 0.182. The van der Waals surface area contributed by atoms with Gasteiger partial charge in [0.15, 0.2) is 0 Å². The predicted molar refractivity (Wildman–Crippen MR) is 104 cm³/mol. The number of hydrogen-bond acceptors (Lipinski definition) is 5. The Morgan fingerprint density at radius 2 is 1.85 bits per heavy atom. The Morgan fingerprint density at radius 1 is 1.11 bits per heavy atom. The SMILES string of the molecule is COc1ccc(C=CC(=O)OCc2cc(=O)oc3c(C)c(C)ccc23)cc1. The Labute approximate surface area is 156 Å². The first kappa shape index (κ1) is 18.5. The van der Waals surface area contributed by atoms with Crippen molar-refractivity contribution in [3.63, 3.8) is 0 Å². The molecule has 5 heteroatoms. The molecule has 0 fully saturated rings. The van der Waals surface area contributed by atoms with Crippen LogP contribution in [0.1, 0.15) is 22.3 Å². The van der Waals surface area contributed by atoms with Crippen LogP contribution in [-0.2, 0) is 16.1 Å². The maximum absolute atomic E-state index is 12.0. The van der Waals surface area contributed by atoms with E-state index < -0.39 is 11.6 Å². The van der Waals surface area contributed by atoms with Gasteiger partial charge in [-0.2, -0.15) is 0 Å². The van der Waals surface area contributed by atoms with Crippen molar-refractivity contribution in [2.24, 2.45) is 0 Å². The molecule has 1 heterocycles. The number of fused-ring (bicyclic) bond motifs is 1. The van der Waals surface area contributed by atoms with Gasteiger partial charge in [-0.05, 0) is 48.7 Å². The normalized spacial score (nSPS) is 11.1. The summed E-state index contributed by atoms with van der Waals surface area (Å²) in [5, 5.41) is 0.768. The topological polar surface area (TPSA) is 65.7 Å². The van der Waals surface area contributed by atoms with Crippen molar-refractivity contribution >= 4 is 23.0 Å². The highest BCUT2D eigenvalue weighted by atomic mass is 16.5. The third-order valence-corrected chi connectivity index (χ3v) is 4.42. The third-order valence-electron chi connectivity index (χ3n) is 4.42. The van der Waals surface area contributed by atoms with E-state index in [9.17, 15) is 9.59 Å². The van der Waals surface area contributed by atoms with Crippen molar-refractivity contribution in [2.45, 2.75) is 20.5 Å². The number of esters is 1. The van der Waals surface area contributed by atoms with Crippen LogP contribution in [0, 0.1) is 13.8 Å². The summed E-state index contributed by atoms with van der Waals surface area (Å²) >= 11 is 0. The van der Waals surface area contributed by atoms with Crippen LogP contribution in [0.4, 0.5) is 0 Å². The number of rotatable bonds is 5. The molecule has 0 aliphatic heterocycles. The zero-order valence-electron chi connectivity index (χ0n) is 15.4. The molecular weight excluding hydrogens is 344 g/mol. The Hall–Kier alpha value is -3.34. The average Bonchev–Trinajstić information content (AvgIpc) is 2.68. The summed E-state index contributed by atoms with van der Waals surface area (Å²) in [5.41, 5.74) is 3.47. The lowest BCUT2D eigenvalue weighted by Crippen LogP contribution is -2.06. The number of carbonyl (C=O) groups is 1. The van der Waals surface area contributed by atoms with Crippen molar-refractivity contribution in [3.05, 3.63) is 81.2 Å². The Morgan fingerprint density at radius 3 is 2.56 bits per heavy atom. The average molecular weight is 364 g/mol. The van der Waals surface area contributed by atoms with Gasteiger partial charge in [0.25, 0.3) is 0 Å². The summed E-state index contributed by atoms with van der Waals surface area (Å²) < 4.78 is 15.7. The maximum Gasteiger partial charge on any atom is 0.336 e. The molecule has 0 aliphatic rings. The van der Waals surface area contributed by atoms with Gasteiger partial charge >= 0.3 is 11.6 Å². The molecular formula is C22H20O5. The Kier molecular flexibility index (Phi) is 5.41. The van der Waals surface area contributed by atoms with Gasteiger partial charge in [0, 0.05) is 23.1 Å². The van der Waals surface area contributed by atoms with Gasteiger partial charge in [-0.3, -0.25) is 0 Å². The van der Waals surface area contributed by atoms with Gasteiger partial charge < -0.3 is 13.9 Å². The van der Waals surface area contributed by atoms with Gasteiger partial charge in [0.2, 0.25) is 0 Å². The van der Waals surface area contributed by atoms with E-state index in [0.717, 1.165) is 27.8 Å². The smallest absolute Gasteiger partial charge is 0.336 e. The summed E-state index contributed by atoms with van der Waals surface area (Å²) in [6.07, 6.45) is 3.01. The second-order valence-corrected chi connectivity index (χ2v) is 6.19. The summed E-state index contributed by atoms with van der Waals surface area (Å²) in [5.74, 6) is 0.256. The highest BCUT2D eigenvalue weighted by Crippen LogP contribution is 2.23. The third kappa shape index (κ3) is 4.26. The number of benzene rings is 2. The van der Waals surface area contributed by atoms with Crippen LogP contribution in [0.25, 0.3) is 17.0 Å². The largest absolute Gasteiger partial charge is 0.497 e. The van der Waals surface area contributed by atoms with Gasteiger partial charge in [-0.15, -0.1) is 0 Å². The van der Waals surface area contributed by atoms with Crippen LogP contribution in [0.3, 0.4) is 0 Å². The molecule has 0 spiro atoms. The number of hydrogen-bond donors (Lipinski definition) is 0. The van der Waals surface area contributed by atoms with E-state index in [4.69, 9.17) is 13.9 Å². The van der Waals surface area contributed by atoms with Crippen LogP contribution in [0.5, 0.6) is 5.75 Å². The minimum Gasteiger partial charge on any atom is -0.497 e. The van der Waals surface area contributed by atoms with Crippen molar-refractivity contribution in [2.75, 3.05) is 7.11 Å². The second kappa shape index (κ2) is 7.91. The molecule has 1 aromatic heterocycles. The molecule has 3 rings (SSSR count). The molecule has 3 aromatic rings. The second-order valence-electron chi connectivity index (χ2n) is 6.19. The zero-order valence-corrected chi connectivity index (χ0v) is 15.4. The lowest BCUT2D eigenvalue weighted by molar-refractivity contribution is -0.138. The fourth-order valence-corrected chi connectivity index (χ4v) is 2.72. The molecule has 0 saturated heterocycles. The van der Waals surface area contributed by atoms with E-state index in [1.165, 1.54) is 12.1 Å². The minimum atomic E-state index is -0.490. The van der Waals surface area contributed by atoms with Crippen LogP contribution in [0.2, 0.25) is 0 Å². The molecule has 0 radical (unpaired) electrons. The predicted octanol–water partition coefficient (Wildman–Crippen LogP) is 4.18. The fourth-order valence-electron chi connectivity index (χ4n) is 2.72. The Balaban J connectivity index is 1.74. The van der Waals surface area contributed by atoms with Crippen LogP contribution < -0.4 is 10.4 Å². The van der Waals surface area contributed by atoms with Crippen LogP contribution >= 0.6 is 0 Å². The van der Waals surface area contributed by atoms with E-state index in [2.05, 4.69) is 0 Å². The van der Waals surface area contributed by atoms with Crippen molar-refractivity contribution < 1.29 is 18.7 Å². The lowest BCUT2D eigenvalue weighted by Gasteiger charge is -2.09. The number of methoxy groups -OCH3 is 1. The van der Waals surface area contributed by atoms with E-state index in [1.54, 1.807) is 13.2 Å². The summed E-state index contributed by atoms with van der Waals surface area (Å²) in [6, 6.07) is 12.5. The summed E-state index contributed by atoms with van der Waals surface area (Å²) in [6.45, 7) is 3.84. The van der Waals surface area contributed by atoms with Gasteiger partial charge in [-0.25, -0.2) is 9.59 Å². The molecule has 0 amide bonds. The molecule has 5 nitrogen and oxygen atoms in total. The monoisotopic (exact) mass is 364 g/mol. The van der Waals surface area contributed by atoms with E-state index in [0.29, 0.717) is 11.1 Å². The molecule has 0 unspecified atom stereocenters. The van der Waals surface area contributed by atoms with Gasteiger partial charge in [0.05, 0.1) is 7.11 Å².